The molecule has 19 heavy (non-hydrogen) atoms. The van der Waals surface area contributed by atoms with Crippen molar-refractivity contribution in [1.29, 1.82) is 5.41 Å². The zero-order valence-corrected chi connectivity index (χ0v) is 11.5. The highest BCUT2D eigenvalue weighted by Gasteiger charge is 2.13. The van der Waals surface area contributed by atoms with Crippen molar-refractivity contribution in [3.63, 3.8) is 0 Å². The van der Waals surface area contributed by atoms with Gasteiger partial charge in [-0.15, -0.1) is 0 Å². The van der Waals surface area contributed by atoms with Gasteiger partial charge in [-0.1, -0.05) is 17.8 Å². The number of nitrogens with one attached hydrogen (secondary N) is 1. The molecule has 5 heteroatoms. The van der Waals surface area contributed by atoms with Crippen molar-refractivity contribution in [2.24, 2.45) is 5.73 Å². The fourth-order valence-corrected chi connectivity index (χ4v) is 2.95. The number of nitrogens with zero attached hydrogens (tertiary/aromatic N) is 1. The lowest BCUT2D eigenvalue weighted by atomic mass is 10.1. The standard InChI is InChI=1S/C14H14FN3S/c1-8-6-9(2)18-14(12(8)13(16)17)19-11-5-3-4-10(15)7-11/h3-7H,1-2H3,(H3,16,17). The number of pyridine rings is 1. The van der Waals surface area contributed by atoms with Crippen LogP contribution < -0.4 is 5.73 Å². The van der Waals surface area contributed by atoms with Gasteiger partial charge in [-0.3, -0.25) is 5.41 Å². The molecule has 98 valence electrons. The summed E-state index contributed by atoms with van der Waals surface area (Å²) in [6, 6.07) is 8.16. The van der Waals surface area contributed by atoms with Crippen LogP contribution >= 0.6 is 11.8 Å². The number of amidine groups is 1. The average Bonchev–Trinajstić information content (AvgIpc) is 2.26. The number of hydrogen-bond acceptors (Lipinski definition) is 3. The van der Waals surface area contributed by atoms with Gasteiger partial charge < -0.3 is 5.73 Å². The Morgan fingerprint density at radius 3 is 2.68 bits per heavy atom. The number of aromatic nitrogens is 1. The van der Waals surface area contributed by atoms with Crippen LogP contribution in [0.25, 0.3) is 0 Å². The third-order valence-corrected chi connectivity index (χ3v) is 3.57. The van der Waals surface area contributed by atoms with Crippen LogP contribution in [-0.4, -0.2) is 10.8 Å². The van der Waals surface area contributed by atoms with E-state index < -0.39 is 0 Å². The van der Waals surface area contributed by atoms with Crippen molar-refractivity contribution >= 4 is 17.6 Å². The number of nitrogen functional groups attached to an aromatic ring is 1. The highest BCUT2D eigenvalue weighted by Crippen LogP contribution is 2.30. The second-order valence-electron chi connectivity index (χ2n) is 4.23. The lowest BCUT2D eigenvalue weighted by Crippen LogP contribution is -2.15. The Morgan fingerprint density at radius 2 is 2.05 bits per heavy atom. The predicted octanol–water partition coefficient (Wildman–Crippen LogP) is 3.27. The number of benzene rings is 1. The summed E-state index contributed by atoms with van der Waals surface area (Å²) in [7, 11) is 0. The summed E-state index contributed by atoms with van der Waals surface area (Å²) < 4.78 is 13.2. The fraction of sp³-hybridized carbons (Fsp3) is 0.143. The Kier molecular flexibility index (Phi) is 3.85. The van der Waals surface area contributed by atoms with Gasteiger partial charge in [-0.25, -0.2) is 9.37 Å². The zero-order valence-electron chi connectivity index (χ0n) is 10.7. The molecule has 0 saturated heterocycles. The molecule has 2 rings (SSSR count). The van der Waals surface area contributed by atoms with Gasteiger partial charge in [-0.2, -0.15) is 0 Å². The Balaban J connectivity index is 2.47. The molecule has 0 aliphatic carbocycles. The molecule has 0 amide bonds. The molecular formula is C14H14FN3S. The summed E-state index contributed by atoms with van der Waals surface area (Å²) in [5.74, 6) is -0.317. The first-order chi connectivity index (χ1) is 8.97. The first kappa shape index (κ1) is 13.5. The van der Waals surface area contributed by atoms with E-state index in [1.165, 1.54) is 23.9 Å². The third-order valence-electron chi connectivity index (χ3n) is 2.59. The first-order valence-electron chi connectivity index (χ1n) is 5.73. The smallest absolute Gasteiger partial charge is 0.125 e. The van der Waals surface area contributed by atoms with E-state index in [0.717, 1.165) is 16.2 Å². The number of nitrogens with two attached hydrogens (primary N) is 1. The van der Waals surface area contributed by atoms with Gasteiger partial charge in [0.15, 0.2) is 0 Å². The molecule has 0 saturated carbocycles. The molecule has 1 heterocycles. The maximum absolute atomic E-state index is 13.2. The molecule has 0 atom stereocenters. The third kappa shape index (κ3) is 3.12. The summed E-state index contributed by atoms with van der Waals surface area (Å²) in [4.78, 5) is 5.14. The van der Waals surface area contributed by atoms with Crippen LogP contribution in [0.4, 0.5) is 4.39 Å². The van der Waals surface area contributed by atoms with Gasteiger partial charge in [0.05, 0.1) is 5.56 Å². The number of aryl methyl sites for hydroxylation is 2. The fourth-order valence-electron chi connectivity index (χ4n) is 1.85. The molecule has 2 aromatic rings. The molecule has 1 aromatic heterocycles. The van der Waals surface area contributed by atoms with Crippen molar-refractivity contribution in [3.8, 4) is 0 Å². The molecule has 0 aliphatic heterocycles. The lowest BCUT2D eigenvalue weighted by molar-refractivity contribution is 0.624. The maximum atomic E-state index is 13.2. The largest absolute Gasteiger partial charge is 0.384 e. The van der Waals surface area contributed by atoms with Crippen LogP contribution in [0.3, 0.4) is 0 Å². The quantitative estimate of drug-likeness (QED) is 0.667. The molecule has 3 N–H and O–H groups in total. The first-order valence-corrected chi connectivity index (χ1v) is 6.55. The van der Waals surface area contributed by atoms with E-state index in [9.17, 15) is 4.39 Å². The Hall–Kier alpha value is -1.88. The molecule has 0 bridgehead atoms. The molecule has 0 radical (unpaired) electrons. The topological polar surface area (TPSA) is 62.8 Å². The average molecular weight is 275 g/mol. The monoisotopic (exact) mass is 275 g/mol. The molecule has 0 fully saturated rings. The summed E-state index contributed by atoms with van der Waals surface area (Å²) in [5.41, 5.74) is 7.97. The van der Waals surface area contributed by atoms with E-state index in [1.807, 2.05) is 19.9 Å². The van der Waals surface area contributed by atoms with Crippen molar-refractivity contribution in [1.82, 2.24) is 4.98 Å². The molecule has 0 unspecified atom stereocenters. The van der Waals surface area contributed by atoms with E-state index in [2.05, 4.69) is 4.98 Å². The SMILES string of the molecule is Cc1cc(C)c(C(=N)N)c(Sc2cccc(F)c2)n1. The van der Waals surface area contributed by atoms with E-state index in [0.29, 0.717) is 10.6 Å². The molecule has 3 nitrogen and oxygen atoms in total. The van der Waals surface area contributed by atoms with E-state index >= 15 is 0 Å². The minimum absolute atomic E-state index is 0.0242. The van der Waals surface area contributed by atoms with Crippen LogP contribution in [0, 0.1) is 25.1 Å². The van der Waals surface area contributed by atoms with Gasteiger partial charge in [0.1, 0.15) is 16.7 Å². The molecular weight excluding hydrogens is 261 g/mol. The zero-order chi connectivity index (χ0) is 14.0. The van der Waals surface area contributed by atoms with Crippen LogP contribution in [0.1, 0.15) is 16.8 Å². The van der Waals surface area contributed by atoms with Crippen LogP contribution in [0.15, 0.2) is 40.3 Å². The molecule has 0 spiro atoms. The normalized spacial score (nSPS) is 10.5. The van der Waals surface area contributed by atoms with Gasteiger partial charge in [-0.05, 0) is 43.7 Å². The molecule has 1 aromatic carbocycles. The van der Waals surface area contributed by atoms with Gasteiger partial charge in [0, 0.05) is 10.6 Å². The second-order valence-corrected chi connectivity index (χ2v) is 5.30. The van der Waals surface area contributed by atoms with E-state index in [-0.39, 0.29) is 11.7 Å². The Morgan fingerprint density at radius 1 is 1.32 bits per heavy atom. The summed E-state index contributed by atoms with van der Waals surface area (Å²) in [5, 5.41) is 8.28. The summed E-state index contributed by atoms with van der Waals surface area (Å²) in [6.45, 7) is 3.77. The Labute approximate surface area is 115 Å². The minimum atomic E-state index is -0.293. The molecule has 0 aliphatic rings. The number of halogens is 1. The van der Waals surface area contributed by atoms with Crippen molar-refractivity contribution < 1.29 is 4.39 Å². The second kappa shape index (κ2) is 5.40. The van der Waals surface area contributed by atoms with E-state index in [1.54, 1.807) is 12.1 Å². The number of rotatable bonds is 3. The van der Waals surface area contributed by atoms with Crippen LogP contribution in [-0.2, 0) is 0 Å². The highest BCUT2D eigenvalue weighted by molar-refractivity contribution is 7.99. The van der Waals surface area contributed by atoms with Gasteiger partial charge >= 0.3 is 0 Å². The number of hydrogen-bond donors (Lipinski definition) is 2. The van der Waals surface area contributed by atoms with E-state index in [4.69, 9.17) is 11.1 Å². The predicted molar refractivity (Wildman–Crippen MR) is 75.3 cm³/mol. The van der Waals surface area contributed by atoms with Gasteiger partial charge in [0.2, 0.25) is 0 Å². The van der Waals surface area contributed by atoms with Crippen LogP contribution in [0.5, 0.6) is 0 Å². The van der Waals surface area contributed by atoms with Crippen LogP contribution in [0.2, 0.25) is 0 Å². The van der Waals surface area contributed by atoms with Gasteiger partial charge in [0.25, 0.3) is 0 Å². The summed E-state index contributed by atoms with van der Waals surface area (Å²) >= 11 is 1.31. The highest BCUT2D eigenvalue weighted by atomic mass is 32.2. The van der Waals surface area contributed by atoms with Crippen molar-refractivity contribution in [3.05, 3.63) is 53.0 Å². The summed E-state index contributed by atoms with van der Waals surface area (Å²) in [6.07, 6.45) is 0. The Bertz CT molecular complexity index is 641. The van der Waals surface area contributed by atoms with Crippen molar-refractivity contribution in [2.45, 2.75) is 23.8 Å². The minimum Gasteiger partial charge on any atom is -0.384 e. The van der Waals surface area contributed by atoms with Crippen molar-refractivity contribution in [2.75, 3.05) is 0 Å². The lowest BCUT2D eigenvalue weighted by Gasteiger charge is -2.11. The maximum Gasteiger partial charge on any atom is 0.125 e.